The monoisotopic (exact) mass is 185 g/mol. The second kappa shape index (κ2) is 3.99. The number of rotatable bonds is 4. The molecule has 0 fully saturated rings. The number of hydrogen-bond acceptors (Lipinski definition) is 4. The van der Waals surface area contributed by atoms with Gasteiger partial charge in [0.15, 0.2) is 5.82 Å². The third kappa shape index (κ3) is 2.83. The van der Waals surface area contributed by atoms with Gasteiger partial charge in [-0.15, -0.1) is 0 Å². The summed E-state index contributed by atoms with van der Waals surface area (Å²) in [7, 11) is 1.74. The Kier molecular flexibility index (Phi) is 2.97. The molecule has 1 aromatic rings. The molecule has 0 aliphatic carbocycles. The Morgan fingerprint density at radius 2 is 2.38 bits per heavy atom. The van der Waals surface area contributed by atoms with Gasteiger partial charge in [-0.05, 0) is 6.92 Å². The average Bonchev–Trinajstić information content (AvgIpc) is 2.29. The molecule has 72 valence electrons. The first kappa shape index (κ1) is 9.66. The minimum absolute atomic E-state index is 0.170. The van der Waals surface area contributed by atoms with Crippen LogP contribution in [0.5, 0.6) is 0 Å². The lowest BCUT2D eigenvalue weighted by molar-refractivity contribution is -0.142. The van der Waals surface area contributed by atoms with E-state index in [4.69, 9.17) is 9.84 Å². The van der Waals surface area contributed by atoms with Crippen LogP contribution in [-0.4, -0.2) is 32.4 Å². The normalized spacial score (nSPS) is 10.3. The molecule has 0 bridgehead atoms. The smallest absolute Gasteiger partial charge is 0.329 e. The van der Waals surface area contributed by atoms with Gasteiger partial charge in [-0.3, -0.25) is 4.68 Å². The molecule has 1 N–H and O–H groups in total. The maximum Gasteiger partial charge on any atom is 0.329 e. The van der Waals surface area contributed by atoms with Crippen LogP contribution in [0, 0.1) is 6.92 Å². The van der Waals surface area contributed by atoms with E-state index in [1.807, 2.05) is 0 Å². The molecule has 1 rings (SSSR count). The van der Waals surface area contributed by atoms with Crippen molar-refractivity contribution in [2.45, 2.75) is 13.5 Å². The number of aryl methyl sites for hydroxylation is 2. The van der Waals surface area contributed by atoms with E-state index in [1.54, 1.807) is 18.7 Å². The molecule has 0 saturated carbocycles. The van der Waals surface area contributed by atoms with Crippen molar-refractivity contribution in [2.24, 2.45) is 7.05 Å². The SMILES string of the molecule is Cc1nc(COCC(=O)O)n(C)n1. The van der Waals surface area contributed by atoms with Crippen LogP contribution in [0.2, 0.25) is 0 Å². The van der Waals surface area contributed by atoms with E-state index in [0.717, 1.165) is 0 Å². The van der Waals surface area contributed by atoms with E-state index in [2.05, 4.69) is 10.1 Å². The van der Waals surface area contributed by atoms with Gasteiger partial charge in [-0.1, -0.05) is 0 Å². The minimum Gasteiger partial charge on any atom is -0.480 e. The van der Waals surface area contributed by atoms with Crippen molar-refractivity contribution in [3.05, 3.63) is 11.6 Å². The van der Waals surface area contributed by atoms with E-state index in [0.29, 0.717) is 11.6 Å². The molecule has 0 radical (unpaired) electrons. The largest absolute Gasteiger partial charge is 0.480 e. The highest BCUT2D eigenvalue weighted by molar-refractivity contribution is 5.67. The van der Waals surface area contributed by atoms with Crippen LogP contribution in [0.1, 0.15) is 11.6 Å². The van der Waals surface area contributed by atoms with Crippen molar-refractivity contribution in [2.75, 3.05) is 6.61 Å². The Hall–Kier alpha value is -1.43. The zero-order valence-electron chi connectivity index (χ0n) is 7.52. The lowest BCUT2D eigenvalue weighted by Gasteiger charge is -1.99. The summed E-state index contributed by atoms with van der Waals surface area (Å²) in [4.78, 5) is 14.2. The molecule has 0 aromatic carbocycles. The summed E-state index contributed by atoms with van der Waals surface area (Å²) in [6, 6.07) is 0. The Balaban J connectivity index is 2.45. The van der Waals surface area contributed by atoms with Crippen molar-refractivity contribution in [3.63, 3.8) is 0 Å². The van der Waals surface area contributed by atoms with Gasteiger partial charge < -0.3 is 9.84 Å². The van der Waals surface area contributed by atoms with Crippen LogP contribution in [0.3, 0.4) is 0 Å². The van der Waals surface area contributed by atoms with E-state index < -0.39 is 5.97 Å². The fourth-order valence-electron chi connectivity index (χ4n) is 0.912. The zero-order valence-corrected chi connectivity index (χ0v) is 7.52. The lowest BCUT2D eigenvalue weighted by Crippen LogP contribution is -2.09. The van der Waals surface area contributed by atoms with Gasteiger partial charge in [0.1, 0.15) is 19.0 Å². The van der Waals surface area contributed by atoms with Gasteiger partial charge >= 0.3 is 5.97 Å². The van der Waals surface area contributed by atoms with Crippen LogP contribution in [0.15, 0.2) is 0 Å². The molecule has 0 spiro atoms. The van der Waals surface area contributed by atoms with Gasteiger partial charge in [0.2, 0.25) is 0 Å². The summed E-state index contributed by atoms with van der Waals surface area (Å²) >= 11 is 0. The van der Waals surface area contributed by atoms with E-state index in [9.17, 15) is 4.79 Å². The first-order valence-corrected chi connectivity index (χ1v) is 3.75. The Morgan fingerprint density at radius 3 is 2.85 bits per heavy atom. The van der Waals surface area contributed by atoms with E-state index in [1.165, 1.54) is 0 Å². The second-order valence-electron chi connectivity index (χ2n) is 2.59. The maximum atomic E-state index is 10.1. The van der Waals surface area contributed by atoms with E-state index >= 15 is 0 Å². The molecule has 1 heterocycles. The van der Waals surface area contributed by atoms with Crippen LogP contribution in [-0.2, 0) is 23.2 Å². The Labute approximate surface area is 75.2 Å². The first-order valence-electron chi connectivity index (χ1n) is 3.75. The quantitative estimate of drug-likeness (QED) is 0.698. The first-order chi connectivity index (χ1) is 6.09. The third-order valence-corrected chi connectivity index (χ3v) is 1.42. The van der Waals surface area contributed by atoms with Gasteiger partial charge in [0.05, 0.1) is 0 Å². The number of aromatic nitrogens is 3. The summed E-state index contributed by atoms with van der Waals surface area (Å²) in [5.41, 5.74) is 0. The number of carboxylic acids is 1. The van der Waals surface area contributed by atoms with Crippen LogP contribution in [0.25, 0.3) is 0 Å². The number of nitrogens with zero attached hydrogens (tertiary/aromatic N) is 3. The zero-order chi connectivity index (χ0) is 9.84. The Bertz CT molecular complexity index is 308. The van der Waals surface area contributed by atoms with Gasteiger partial charge in [0.25, 0.3) is 0 Å². The number of carboxylic acid groups (broad SMARTS) is 1. The molecule has 1 aromatic heterocycles. The van der Waals surface area contributed by atoms with Crippen molar-refractivity contribution in [1.29, 1.82) is 0 Å². The number of carbonyl (C=O) groups is 1. The number of hydrogen-bond donors (Lipinski definition) is 1. The maximum absolute atomic E-state index is 10.1. The number of aliphatic carboxylic acids is 1. The van der Waals surface area contributed by atoms with Crippen molar-refractivity contribution >= 4 is 5.97 Å². The summed E-state index contributed by atoms with van der Waals surface area (Å²) in [6.07, 6.45) is 0. The van der Waals surface area contributed by atoms with Crippen LogP contribution in [0.4, 0.5) is 0 Å². The molecule has 0 amide bonds. The summed E-state index contributed by atoms with van der Waals surface area (Å²) < 4.78 is 6.42. The van der Waals surface area contributed by atoms with Crippen molar-refractivity contribution in [3.8, 4) is 0 Å². The lowest BCUT2D eigenvalue weighted by atomic mass is 10.6. The topological polar surface area (TPSA) is 77.2 Å². The molecular formula is C7H11N3O3. The number of ether oxygens (including phenoxy) is 1. The van der Waals surface area contributed by atoms with Gasteiger partial charge in [-0.2, -0.15) is 5.10 Å². The Morgan fingerprint density at radius 1 is 1.69 bits per heavy atom. The average molecular weight is 185 g/mol. The van der Waals surface area contributed by atoms with Crippen LogP contribution >= 0.6 is 0 Å². The highest BCUT2D eigenvalue weighted by Gasteiger charge is 2.04. The van der Waals surface area contributed by atoms with E-state index in [-0.39, 0.29) is 13.2 Å². The molecule has 0 aliphatic heterocycles. The molecule has 6 nitrogen and oxygen atoms in total. The summed E-state index contributed by atoms with van der Waals surface area (Å²) in [5, 5.41) is 12.3. The molecule has 0 saturated heterocycles. The standard InChI is InChI=1S/C7H11N3O3/c1-5-8-6(10(2)9-5)3-13-4-7(11)12/h3-4H2,1-2H3,(H,11,12). The molecular weight excluding hydrogens is 174 g/mol. The predicted octanol–water partition coefficient (Wildman–Crippen LogP) is -0.275. The van der Waals surface area contributed by atoms with Crippen LogP contribution < -0.4 is 0 Å². The van der Waals surface area contributed by atoms with Crippen molar-refractivity contribution < 1.29 is 14.6 Å². The molecule has 0 unspecified atom stereocenters. The second-order valence-corrected chi connectivity index (χ2v) is 2.59. The summed E-state index contributed by atoms with van der Waals surface area (Å²) in [5.74, 6) is 0.286. The fourth-order valence-corrected chi connectivity index (χ4v) is 0.912. The fraction of sp³-hybridized carbons (Fsp3) is 0.571. The highest BCUT2D eigenvalue weighted by atomic mass is 16.5. The van der Waals surface area contributed by atoms with Gasteiger partial charge in [-0.25, -0.2) is 9.78 Å². The van der Waals surface area contributed by atoms with Crippen molar-refractivity contribution in [1.82, 2.24) is 14.8 Å². The van der Waals surface area contributed by atoms with Gasteiger partial charge in [0, 0.05) is 7.05 Å². The molecule has 0 atom stereocenters. The minimum atomic E-state index is -0.987. The highest BCUT2D eigenvalue weighted by Crippen LogP contribution is 1.97. The third-order valence-electron chi connectivity index (χ3n) is 1.42. The molecule has 13 heavy (non-hydrogen) atoms. The molecule has 0 aliphatic rings. The predicted molar refractivity (Wildman–Crippen MR) is 43.0 cm³/mol. The molecule has 6 heteroatoms. The summed E-state index contributed by atoms with van der Waals surface area (Å²) in [6.45, 7) is 1.62.